The molecule has 1 aliphatic heterocycles. The number of hydrogen-bond donors (Lipinski definition) is 1. The fourth-order valence-electron chi connectivity index (χ4n) is 3.64. The molecule has 0 radical (unpaired) electrons. The van der Waals surface area contributed by atoms with Gasteiger partial charge in [-0.15, -0.1) is 0 Å². The number of aromatic amines is 1. The van der Waals surface area contributed by atoms with Crippen molar-refractivity contribution in [2.45, 2.75) is 52.2 Å². The van der Waals surface area contributed by atoms with E-state index in [4.69, 9.17) is 0 Å². The molecule has 3 heterocycles. The lowest BCUT2D eigenvalue weighted by molar-refractivity contribution is 0.204. The zero-order chi connectivity index (χ0) is 16.9. The summed E-state index contributed by atoms with van der Waals surface area (Å²) in [5.74, 6) is 0. The molecule has 5 nitrogen and oxygen atoms in total. The van der Waals surface area contributed by atoms with E-state index in [9.17, 15) is 0 Å². The molecule has 1 fully saturated rings. The van der Waals surface area contributed by atoms with Crippen molar-refractivity contribution < 1.29 is 0 Å². The van der Waals surface area contributed by atoms with Gasteiger partial charge in [0.2, 0.25) is 0 Å². The monoisotopic (exact) mass is 327 g/mol. The molecule has 0 saturated carbocycles. The number of aryl methyl sites for hydroxylation is 2. The Bertz CT molecular complexity index is 617. The molecule has 1 atom stereocenters. The minimum absolute atomic E-state index is 0.642. The average molecular weight is 327 g/mol. The molecule has 0 bridgehead atoms. The Morgan fingerprint density at radius 3 is 2.83 bits per heavy atom. The first-order valence-corrected chi connectivity index (χ1v) is 8.96. The topological polar surface area (TPSA) is 48.1 Å². The zero-order valence-electron chi connectivity index (χ0n) is 15.1. The van der Waals surface area contributed by atoms with Gasteiger partial charge in [0, 0.05) is 36.6 Å². The maximum Gasteiger partial charge on any atom is 0.0639 e. The Kier molecular flexibility index (Phi) is 5.63. The van der Waals surface area contributed by atoms with Gasteiger partial charge in [0.1, 0.15) is 0 Å². The van der Waals surface area contributed by atoms with Gasteiger partial charge in [-0.25, -0.2) is 0 Å². The van der Waals surface area contributed by atoms with Crippen LogP contribution >= 0.6 is 0 Å². The van der Waals surface area contributed by atoms with E-state index in [1.807, 2.05) is 12.3 Å². The van der Waals surface area contributed by atoms with Crippen molar-refractivity contribution in [1.29, 1.82) is 0 Å². The summed E-state index contributed by atoms with van der Waals surface area (Å²) in [6, 6.07) is 6.81. The van der Waals surface area contributed by atoms with Crippen LogP contribution in [-0.2, 0) is 13.1 Å². The molecule has 1 aliphatic rings. The van der Waals surface area contributed by atoms with Crippen LogP contribution in [0.1, 0.15) is 41.9 Å². The highest BCUT2D eigenvalue weighted by Gasteiger charge is 2.21. The molecular formula is C19H29N5. The van der Waals surface area contributed by atoms with E-state index in [0.717, 1.165) is 31.0 Å². The van der Waals surface area contributed by atoms with Crippen molar-refractivity contribution in [3.63, 3.8) is 0 Å². The van der Waals surface area contributed by atoms with E-state index >= 15 is 0 Å². The van der Waals surface area contributed by atoms with Crippen LogP contribution in [0.3, 0.4) is 0 Å². The lowest BCUT2D eigenvalue weighted by atomic mass is 10.1. The molecule has 0 spiro atoms. The van der Waals surface area contributed by atoms with Crippen molar-refractivity contribution in [2.75, 3.05) is 20.1 Å². The second kappa shape index (κ2) is 7.90. The molecular weight excluding hydrogens is 298 g/mol. The van der Waals surface area contributed by atoms with E-state index < -0.39 is 0 Å². The van der Waals surface area contributed by atoms with E-state index in [2.05, 4.69) is 58.0 Å². The Morgan fingerprint density at radius 2 is 2.12 bits per heavy atom. The molecule has 24 heavy (non-hydrogen) atoms. The van der Waals surface area contributed by atoms with E-state index in [0.29, 0.717) is 6.04 Å². The van der Waals surface area contributed by atoms with Gasteiger partial charge in [0.15, 0.2) is 0 Å². The smallest absolute Gasteiger partial charge is 0.0639 e. The largest absolute Gasteiger partial charge is 0.299 e. The minimum atomic E-state index is 0.642. The van der Waals surface area contributed by atoms with Crippen LogP contribution in [0, 0.1) is 13.8 Å². The lowest BCUT2D eigenvalue weighted by Gasteiger charge is -2.27. The summed E-state index contributed by atoms with van der Waals surface area (Å²) in [7, 11) is 2.24. The second-order valence-electron chi connectivity index (χ2n) is 7.01. The molecule has 1 N–H and O–H groups in total. The lowest BCUT2D eigenvalue weighted by Crippen LogP contribution is -2.32. The van der Waals surface area contributed by atoms with E-state index in [1.54, 1.807) is 0 Å². The molecule has 0 amide bonds. The normalized spacial score (nSPS) is 19.6. The van der Waals surface area contributed by atoms with Crippen molar-refractivity contribution in [3.05, 3.63) is 47.0 Å². The number of rotatable bonds is 5. The third-order valence-corrected chi connectivity index (χ3v) is 5.21. The second-order valence-corrected chi connectivity index (χ2v) is 7.01. The van der Waals surface area contributed by atoms with Crippen LogP contribution in [0.2, 0.25) is 0 Å². The standard InChI is InChI=1S/C19H29N5/c1-15-19(16(2)22-21-15)14-24-11-6-8-18(9-12-24)23(3)13-17-7-4-5-10-20-17/h4-5,7,10,18H,6,8-9,11-14H2,1-3H3,(H,21,22)/t18-/m1/s1. The predicted octanol–water partition coefficient (Wildman–Crippen LogP) is 2.91. The summed E-state index contributed by atoms with van der Waals surface area (Å²) in [6.45, 7) is 8.51. The van der Waals surface area contributed by atoms with Gasteiger partial charge in [-0.3, -0.25) is 19.9 Å². The maximum atomic E-state index is 4.46. The summed E-state index contributed by atoms with van der Waals surface area (Å²) in [4.78, 5) is 9.51. The Hall–Kier alpha value is -1.72. The highest BCUT2D eigenvalue weighted by Crippen LogP contribution is 2.20. The van der Waals surface area contributed by atoms with Crippen LogP contribution in [0.25, 0.3) is 0 Å². The minimum Gasteiger partial charge on any atom is -0.299 e. The molecule has 1 saturated heterocycles. The van der Waals surface area contributed by atoms with Crippen LogP contribution < -0.4 is 0 Å². The maximum absolute atomic E-state index is 4.46. The highest BCUT2D eigenvalue weighted by molar-refractivity contribution is 5.22. The molecule has 0 unspecified atom stereocenters. The molecule has 0 aliphatic carbocycles. The quantitative estimate of drug-likeness (QED) is 0.917. The van der Waals surface area contributed by atoms with Gasteiger partial charge in [-0.05, 0) is 65.4 Å². The molecule has 2 aromatic heterocycles. The molecule has 2 aromatic rings. The van der Waals surface area contributed by atoms with Crippen LogP contribution in [-0.4, -0.2) is 51.2 Å². The first kappa shape index (κ1) is 17.1. The molecule has 0 aromatic carbocycles. The van der Waals surface area contributed by atoms with Crippen LogP contribution in [0.5, 0.6) is 0 Å². The third kappa shape index (κ3) is 4.22. The number of likely N-dealkylation sites (tertiary alicyclic amines) is 1. The van der Waals surface area contributed by atoms with Crippen molar-refractivity contribution >= 4 is 0 Å². The van der Waals surface area contributed by atoms with Crippen molar-refractivity contribution in [1.82, 2.24) is 25.0 Å². The predicted molar refractivity (Wildman–Crippen MR) is 96.7 cm³/mol. The van der Waals surface area contributed by atoms with Crippen LogP contribution in [0.15, 0.2) is 24.4 Å². The van der Waals surface area contributed by atoms with Gasteiger partial charge < -0.3 is 0 Å². The SMILES string of the molecule is Cc1n[nH]c(C)c1CN1CCC[C@@H](N(C)Cc2ccccn2)CC1. The first-order valence-electron chi connectivity index (χ1n) is 8.96. The van der Waals surface area contributed by atoms with Gasteiger partial charge in [0.25, 0.3) is 0 Å². The third-order valence-electron chi connectivity index (χ3n) is 5.21. The summed E-state index contributed by atoms with van der Waals surface area (Å²) in [6.07, 6.45) is 5.63. The Balaban J connectivity index is 1.55. The molecule has 5 heteroatoms. The number of hydrogen-bond acceptors (Lipinski definition) is 4. The fourth-order valence-corrected chi connectivity index (χ4v) is 3.64. The summed E-state index contributed by atoms with van der Waals surface area (Å²) in [5.41, 5.74) is 4.88. The first-order chi connectivity index (χ1) is 11.6. The van der Waals surface area contributed by atoms with Gasteiger partial charge in [0.05, 0.1) is 11.4 Å². The summed E-state index contributed by atoms with van der Waals surface area (Å²) in [5, 5.41) is 7.43. The molecule has 130 valence electrons. The van der Waals surface area contributed by atoms with Crippen molar-refractivity contribution in [2.24, 2.45) is 0 Å². The average Bonchev–Trinajstić information content (AvgIpc) is 2.79. The van der Waals surface area contributed by atoms with Gasteiger partial charge >= 0.3 is 0 Å². The fraction of sp³-hybridized carbons (Fsp3) is 0.579. The summed E-state index contributed by atoms with van der Waals surface area (Å²) < 4.78 is 0. The number of pyridine rings is 1. The zero-order valence-corrected chi connectivity index (χ0v) is 15.1. The van der Waals surface area contributed by atoms with E-state index in [1.165, 1.54) is 37.1 Å². The van der Waals surface area contributed by atoms with Crippen LogP contribution in [0.4, 0.5) is 0 Å². The van der Waals surface area contributed by atoms with Crippen molar-refractivity contribution in [3.8, 4) is 0 Å². The summed E-state index contributed by atoms with van der Waals surface area (Å²) >= 11 is 0. The van der Waals surface area contributed by atoms with Gasteiger partial charge in [-0.2, -0.15) is 5.10 Å². The Morgan fingerprint density at radius 1 is 1.25 bits per heavy atom. The Labute approximate surface area is 145 Å². The number of nitrogens with one attached hydrogen (secondary N) is 1. The van der Waals surface area contributed by atoms with E-state index in [-0.39, 0.29) is 0 Å². The highest BCUT2D eigenvalue weighted by atomic mass is 15.2. The number of H-pyrrole nitrogens is 1. The number of nitrogens with zero attached hydrogens (tertiary/aromatic N) is 4. The molecule has 3 rings (SSSR count). The number of aromatic nitrogens is 3. The van der Waals surface area contributed by atoms with Gasteiger partial charge in [-0.1, -0.05) is 6.07 Å².